The molecule has 2 heterocycles. The molecule has 2 aromatic carbocycles. The molecule has 22 heavy (non-hydrogen) atoms. The molecule has 0 amide bonds. The Hall–Kier alpha value is -2.26. The Morgan fingerprint density at radius 3 is 2.68 bits per heavy atom. The van der Waals surface area contributed by atoms with Gasteiger partial charge in [-0.3, -0.25) is 5.21 Å². The number of hydrogen-bond acceptors (Lipinski definition) is 3. The number of allylic oxidation sites excluding steroid dienone is 1. The van der Waals surface area contributed by atoms with E-state index in [2.05, 4.69) is 25.1 Å². The molecule has 0 atom stereocenters. The molecule has 0 saturated carbocycles. The first-order valence-corrected chi connectivity index (χ1v) is 7.56. The van der Waals surface area contributed by atoms with Gasteiger partial charge in [0.15, 0.2) is 0 Å². The first kappa shape index (κ1) is 13.4. The van der Waals surface area contributed by atoms with Gasteiger partial charge in [-0.15, -0.1) is 0 Å². The molecule has 2 aliphatic heterocycles. The van der Waals surface area contributed by atoms with E-state index in [0.29, 0.717) is 6.61 Å². The van der Waals surface area contributed by atoms with Crippen molar-refractivity contribution in [3.63, 3.8) is 0 Å². The van der Waals surface area contributed by atoms with Crippen LogP contribution in [0.25, 0.3) is 16.7 Å². The molecule has 2 aliphatic rings. The number of benzene rings is 2. The molecule has 1 N–H and O–H groups in total. The van der Waals surface area contributed by atoms with E-state index in [4.69, 9.17) is 4.74 Å². The largest absolute Gasteiger partial charge is 0.488 e. The van der Waals surface area contributed by atoms with Gasteiger partial charge in [-0.1, -0.05) is 30.3 Å². The van der Waals surface area contributed by atoms with Crippen LogP contribution in [-0.2, 0) is 6.61 Å². The van der Waals surface area contributed by atoms with Gasteiger partial charge in [-0.05, 0) is 44.0 Å². The molecule has 2 aromatic rings. The molecule has 0 saturated heterocycles. The summed E-state index contributed by atoms with van der Waals surface area (Å²) in [7, 11) is 0. The van der Waals surface area contributed by atoms with Crippen LogP contribution < -0.4 is 9.80 Å². The van der Waals surface area contributed by atoms with Gasteiger partial charge in [0.2, 0.25) is 0 Å². The van der Waals surface area contributed by atoms with Crippen LogP contribution in [0.1, 0.15) is 31.9 Å². The number of hydrogen-bond donors (Lipinski definition) is 1. The minimum atomic E-state index is -0.404. The monoisotopic (exact) mass is 293 g/mol. The van der Waals surface area contributed by atoms with Crippen molar-refractivity contribution < 1.29 is 9.94 Å². The maximum atomic E-state index is 10.6. The van der Waals surface area contributed by atoms with E-state index in [1.54, 1.807) is 0 Å². The first-order valence-electron chi connectivity index (χ1n) is 7.56. The molecule has 0 aromatic heterocycles. The lowest BCUT2D eigenvalue weighted by Gasteiger charge is -2.39. The molecule has 3 nitrogen and oxygen atoms in total. The highest BCUT2D eigenvalue weighted by Crippen LogP contribution is 2.46. The highest BCUT2D eigenvalue weighted by atomic mass is 16.5. The first-order chi connectivity index (χ1) is 10.5. The van der Waals surface area contributed by atoms with E-state index in [1.165, 1.54) is 16.2 Å². The summed E-state index contributed by atoms with van der Waals surface area (Å²) in [6.07, 6.45) is 2.11. The molecule has 3 heteroatoms. The van der Waals surface area contributed by atoms with Crippen LogP contribution >= 0.6 is 0 Å². The van der Waals surface area contributed by atoms with Crippen molar-refractivity contribution in [3.05, 3.63) is 53.6 Å². The zero-order valence-corrected chi connectivity index (χ0v) is 13.1. The van der Waals surface area contributed by atoms with Crippen molar-refractivity contribution in [1.82, 2.24) is 0 Å². The minimum Gasteiger partial charge on any atom is -0.488 e. The van der Waals surface area contributed by atoms with E-state index in [1.807, 2.05) is 38.1 Å². The van der Waals surface area contributed by atoms with Crippen LogP contribution in [0.3, 0.4) is 0 Å². The summed E-state index contributed by atoms with van der Waals surface area (Å²) < 4.78 is 5.92. The van der Waals surface area contributed by atoms with E-state index in [9.17, 15) is 5.21 Å². The van der Waals surface area contributed by atoms with E-state index >= 15 is 0 Å². The summed E-state index contributed by atoms with van der Waals surface area (Å²) in [5, 5.41) is 11.9. The Bertz CT molecular complexity index is 805. The Kier molecular flexibility index (Phi) is 2.66. The van der Waals surface area contributed by atoms with Crippen LogP contribution in [0.15, 0.2) is 42.5 Å². The second-order valence-corrected chi connectivity index (χ2v) is 6.56. The van der Waals surface area contributed by atoms with Gasteiger partial charge in [0, 0.05) is 16.7 Å². The number of fused-ring (bicyclic) bond motifs is 5. The van der Waals surface area contributed by atoms with Gasteiger partial charge >= 0.3 is 0 Å². The summed E-state index contributed by atoms with van der Waals surface area (Å²) in [5.74, 6) is 0.925. The summed E-state index contributed by atoms with van der Waals surface area (Å²) in [5.41, 5.74) is 6.19. The number of nitrogens with zero attached hydrogens (tertiary/aromatic N) is 1. The van der Waals surface area contributed by atoms with Gasteiger partial charge in [-0.25, -0.2) is 5.06 Å². The van der Waals surface area contributed by atoms with Gasteiger partial charge in [0.05, 0.1) is 11.2 Å². The van der Waals surface area contributed by atoms with Gasteiger partial charge < -0.3 is 4.74 Å². The smallest absolute Gasteiger partial charge is 0.127 e. The predicted octanol–water partition coefficient (Wildman–Crippen LogP) is 4.64. The Morgan fingerprint density at radius 2 is 1.86 bits per heavy atom. The van der Waals surface area contributed by atoms with Crippen molar-refractivity contribution in [2.45, 2.75) is 32.9 Å². The van der Waals surface area contributed by atoms with E-state index in [-0.39, 0.29) is 0 Å². The second-order valence-electron chi connectivity index (χ2n) is 6.56. The predicted molar refractivity (Wildman–Crippen MR) is 88.2 cm³/mol. The van der Waals surface area contributed by atoms with Crippen molar-refractivity contribution in [2.24, 2.45) is 0 Å². The Labute approximate surface area is 130 Å². The summed E-state index contributed by atoms with van der Waals surface area (Å²) in [4.78, 5) is 0. The number of anilines is 1. The van der Waals surface area contributed by atoms with Gasteiger partial charge in [-0.2, -0.15) is 0 Å². The number of para-hydroxylation sites is 1. The van der Waals surface area contributed by atoms with Crippen LogP contribution in [-0.4, -0.2) is 10.7 Å². The molecular formula is C19H19NO2. The van der Waals surface area contributed by atoms with Crippen LogP contribution in [0.2, 0.25) is 0 Å². The summed E-state index contributed by atoms with van der Waals surface area (Å²) >= 11 is 0. The molecular weight excluding hydrogens is 274 g/mol. The fraction of sp³-hybridized carbons (Fsp3) is 0.263. The fourth-order valence-electron chi connectivity index (χ4n) is 3.59. The fourth-order valence-corrected chi connectivity index (χ4v) is 3.59. The van der Waals surface area contributed by atoms with Crippen molar-refractivity contribution >= 4 is 11.3 Å². The van der Waals surface area contributed by atoms with E-state index < -0.39 is 5.54 Å². The summed E-state index contributed by atoms with van der Waals surface area (Å²) in [6, 6.07) is 12.2. The van der Waals surface area contributed by atoms with Gasteiger partial charge in [0.25, 0.3) is 0 Å². The molecule has 0 radical (unpaired) electrons. The normalized spacial score (nSPS) is 17.8. The molecule has 0 spiro atoms. The molecule has 0 fully saturated rings. The van der Waals surface area contributed by atoms with Crippen molar-refractivity contribution in [3.8, 4) is 16.9 Å². The zero-order valence-electron chi connectivity index (χ0n) is 13.1. The lowest BCUT2D eigenvalue weighted by Crippen LogP contribution is -2.42. The lowest BCUT2D eigenvalue weighted by molar-refractivity contribution is 0.194. The third-order valence-corrected chi connectivity index (χ3v) is 4.58. The SMILES string of the molecule is CC1=CC(C)(C)N(O)c2ccc3c(c21)COc1ccccc1-3. The zero-order chi connectivity index (χ0) is 15.5. The van der Waals surface area contributed by atoms with E-state index in [0.717, 1.165) is 28.1 Å². The minimum absolute atomic E-state index is 0.404. The maximum Gasteiger partial charge on any atom is 0.127 e. The molecule has 0 bridgehead atoms. The molecule has 4 rings (SSSR count). The van der Waals surface area contributed by atoms with Crippen molar-refractivity contribution in [2.75, 3.05) is 5.06 Å². The quantitative estimate of drug-likeness (QED) is 0.768. The molecule has 0 unspecified atom stereocenters. The summed E-state index contributed by atoms with van der Waals surface area (Å²) in [6.45, 7) is 6.65. The average molecular weight is 293 g/mol. The topological polar surface area (TPSA) is 32.7 Å². The number of ether oxygens (including phenoxy) is 1. The standard InChI is InChI=1S/C19H19NO2/c1-12-10-19(2,3)20(21)16-9-8-13-14-6-4-5-7-17(14)22-11-15(13)18(12)16/h4-10,21H,11H2,1-3H3. The molecule has 0 aliphatic carbocycles. The third kappa shape index (κ3) is 1.72. The number of hydroxylamine groups is 1. The Balaban J connectivity index is 1.99. The van der Waals surface area contributed by atoms with Crippen LogP contribution in [0, 0.1) is 0 Å². The third-order valence-electron chi connectivity index (χ3n) is 4.58. The highest BCUT2D eigenvalue weighted by Gasteiger charge is 2.33. The maximum absolute atomic E-state index is 10.6. The van der Waals surface area contributed by atoms with Gasteiger partial charge in [0.1, 0.15) is 12.4 Å². The Morgan fingerprint density at radius 1 is 1.09 bits per heavy atom. The lowest BCUT2D eigenvalue weighted by atomic mass is 9.84. The van der Waals surface area contributed by atoms with Crippen LogP contribution in [0.5, 0.6) is 5.75 Å². The molecule has 112 valence electrons. The van der Waals surface area contributed by atoms with Crippen LogP contribution in [0.4, 0.5) is 5.69 Å². The second kappa shape index (κ2) is 4.37. The highest BCUT2D eigenvalue weighted by molar-refractivity contribution is 5.89. The van der Waals surface area contributed by atoms with Crippen molar-refractivity contribution in [1.29, 1.82) is 0 Å². The number of rotatable bonds is 0. The average Bonchev–Trinajstić information content (AvgIpc) is 2.51.